The first-order chi connectivity index (χ1) is 11.5. The number of nitrogens with one attached hydrogen (secondary N) is 1. The SMILES string of the molecule is Cc1[nH]c2c(F)cccc2c1CC(=O)N1CC2CCC(C1)N(C)C2. The molecular formula is C19H24FN3O. The summed E-state index contributed by atoms with van der Waals surface area (Å²) >= 11 is 0. The molecule has 1 aromatic heterocycles. The van der Waals surface area contributed by atoms with Crippen LogP contribution in [0.15, 0.2) is 18.2 Å². The molecule has 1 aromatic carbocycles. The number of amides is 1. The highest BCUT2D eigenvalue weighted by molar-refractivity contribution is 5.90. The summed E-state index contributed by atoms with van der Waals surface area (Å²) in [5, 5.41) is 0.829. The van der Waals surface area contributed by atoms with Gasteiger partial charge in [-0.25, -0.2) is 4.39 Å². The second kappa shape index (κ2) is 5.88. The minimum Gasteiger partial charge on any atom is -0.356 e. The molecule has 24 heavy (non-hydrogen) atoms. The van der Waals surface area contributed by atoms with E-state index in [1.807, 2.05) is 17.9 Å². The van der Waals surface area contributed by atoms with Crippen molar-refractivity contribution in [1.82, 2.24) is 14.8 Å². The number of aromatic nitrogens is 1. The Balaban J connectivity index is 1.59. The van der Waals surface area contributed by atoms with E-state index in [1.54, 1.807) is 6.07 Å². The lowest BCUT2D eigenvalue weighted by molar-refractivity contribution is -0.130. The number of rotatable bonds is 2. The highest BCUT2D eigenvalue weighted by Gasteiger charge is 2.34. The van der Waals surface area contributed by atoms with Crippen molar-refractivity contribution in [3.05, 3.63) is 35.3 Å². The second-order valence-electron chi connectivity index (χ2n) is 7.40. The summed E-state index contributed by atoms with van der Waals surface area (Å²) < 4.78 is 13.9. The van der Waals surface area contributed by atoms with E-state index in [4.69, 9.17) is 0 Å². The first-order valence-corrected chi connectivity index (χ1v) is 8.76. The molecule has 0 radical (unpaired) electrons. The van der Waals surface area contributed by atoms with Crippen molar-refractivity contribution in [2.75, 3.05) is 26.7 Å². The molecule has 3 aliphatic rings. The van der Waals surface area contributed by atoms with E-state index < -0.39 is 0 Å². The third-order valence-corrected chi connectivity index (χ3v) is 5.77. The predicted molar refractivity (Wildman–Crippen MR) is 92.4 cm³/mol. The van der Waals surface area contributed by atoms with E-state index in [-0.39, 0.29) is 11.7 Å². The van der Waals surface area contributed by atoms with Crippen molar-refractivity contribution in [1.29, 1.82) is 0 Å². The topological polar surface area (TPSA) is 39.3 Å². The van der Waals surface area contributed by atoms with Crippen molar-refractivity contribution < 1.29 is 9.18 Å². The zero-order chi connectivity index (χ0) is 16.8. The highest BCUT2D eigenvalue weighted by Crippen LogP contribution is 2.29. The molecule has 5 heteroatoms. The Bertz CT molecular complexity index is 784. The van der Waals surface area contributed by atoms with Gasteiger partial charge in [-0.1, -0.05) is 12.1 Å². The number of carbonyl (C=O) groups is 1. The molecule has 1 amide bonds. The summed E-state index contributed by atoms with van der Waals surface area (Å²) in [4.78, 5) is 20.5. The zero-order valence-electron chi connectivity index (χ0n) is 14.3. The van der Waals surface area contributed by atoms with Crippen LogP contribution in [0.2, 0.25) is 0 Å². The quantitative estimate of drug-likeness (QED) is 0.920. The summed E-state index contributed by atoms with van der Waals surface area (Å²) in [6, 6.07) is 5.53. The Morgan fingerprint density at radius 3 is 2.92 bits per heavy atom. The number of carbonyl (C=O) groups excluding carboxylic acids is 1. The number of hydrogen-bond acceptors (Lipinski definition) is 2. The van der Waals surface area contributed by atoms with Crippen LogP contribution in [0.4, 0.5) is 4.39 Å². The summed E-state index contributed by atoms with van der Waals surface area (Å²) in [6.45, 7) is 4.69. The van der Waals surface area contributed by atoms with E-state index in [1.165, 1.54) is 18.9 Å². The minimum atomic E-state index is -0.260. The summed E-state index contributed by atoms with van der Waals surface area (Å²) in [7, 11) is 2.16. The molecule has 1 N–H and O–H groups in total. The van der Waals surface area contributed by atoms with Crippen LogP contribution in [0.3, 0.4) is 0 Å². The Kier molecular flexibility index (Phi) is 3.83. The molecule has 2 unspecified atom stereocenters. The maximum absolute atomic E-state index is 13.9. The second-order valence-corrected chi connectivity index (χ2v) is 7.40. The van der Waals surface area contributed by atoms with Crippen molar-refractivity contribution >= 4 is 16.8 Å². The molecule has 4 heterocycles. The Labute approximate surface area is 141 Å². The van der Waals surface area contributed by atoms with Gasteiger partial charge in [0.25, 0.3) is 0 Å². The summed E-state index contributed by atoms with van der Waals surface area (Å²) in [5.41, 5.74) is 2.33. The van der Waals surface area contributed by atoms with Crippen LogP contribution in [0, 0.1) is 18.7 Å². The van der Waals surface area contributed by atoms with Gasteiger partial charge in [0.05, 0.1) is 11.9 Å². The van der Waals surface area contributed by atoms with Gasteiger partial charge in [-0.2, -0.15) is 0 Å². The van der Waals surface area contributed by atoms with Crippen LogP contribution in [-0.2, 0) is 11.2 Å². The van der Waals surface area contributed by atoms with Crippen LogP contribution in [0.1, 0.15) is 24.1 Å². The highest BCUT2D eigenvalue weighted by atomic mass is 19.1. The van der Waals surface area contributed by atoms with Gasteiger partial charge < -0.3 is 14.8 Å². The lowest BCUT2D eigenvalue weighted by atomic mass is 9.96. The predicted octanol–water partition coefficient (Wildman–Crippen LogP) is 2.71. The first kappa shape index (κ1) is 15.6. The summed E-state index contributed by atoms with van der Waals surface area (Å²) in [5.74, 6) is 0.485. The lowest BCUT2D eigenvalue weighted by Gasteiger charge is -2.32. The number of para-hydroxylation sites is 1. The standard InChI is InChI=1S/C19H24FN3O/c1-12-16(15-4-3-5-17(20)19(15)21-12)8-18(24)23-10-13-6-7-14(11-23)22(2)9-13/h3-5,13-14,21H,6-11H2,1-2H3. The van der Waals surface area contributed by atoms with E-state index in [2.05, 4.69) is 16.9 Å². The minimum absolute atomic E-state index is 0.162. The number of likely N-dealkylation sites (N-methyl/N-ethyl adjacent to an activating group) is 1. The van der Waals surface area contributed by atoms with Gasteiger partial charge in [-0.3, -0.25) is 4.79 Å². The molecule has 3 saturated heterocycles. The molecular weight excluding hydrogens is 305 g/mol. The number of fused-ring (bicyclic) bond motifs is 5. The van der Waals surface area contributed by atoms with E-state index in [0.717, 1.165) is 36.3 Å². The van der Waals surface area contributed by atoms with Crippen molar-refractivity contribution in [2.45, 2.75) is 32.2 Å². The molecule has 0 aliphatic carbocycles. The maximum Gasteiger partial charge on any atom is 0.227 e. The average Bonchev–Trinajstić information content (AvgIpc) is 2.71. The molecule has 3 aliphatic heterocycles. The van der Waals surface area contributed by atoms with Gasteiger partial charge >= 0.3 is 0 Å². The molecule has 2 atom stereocenters. The molecule has 128 valence electrons. The molecule has 2 bridgehead atoms. The lowest BCUT2D eigenvalue weighted by Crippen LogP contribution is -2.42. The molecule has 0 saturated carbocycles. The third kappa shape index (κ3) is 2.61. The average molecular weight is 329 g/mol. The van der Waals surface area contributed by atoms with Crippen LogP contribution in [-0.4, -0.2) is 53.4 Å². The van der Waals surface area contributed by atoms with E-state index in [0.29, 0.717) is 23.9 Å². The van der Waals surface area contributed by atoms with E-state index >= 15 is 0 Å². The fourth-order valence-corrected chi connectivity index (χ4v) is 4.38. The van der Waals surface area contributed by atoms with Crippen molar-refractivity contribution in [3.63, 3.8) is 0 Å². The smallest absolute Gasteiger partial charge is 0.227 e. The fourth-order valence-electron chi connectivity index (χ4n) is 4.38. The number of benzene rings is 1. The number of H-pyrrole nitrogens is 1. The molecule has 2 aromatic rings. The molecule has 0 spiro atoms. The number of halogens is 1. The van der Waals surface area contributed by atoms with Gasteiger partial charge in [0.1, 0.15) is 5.82 Å². The number of aryl methyl sites for hydroxylation is 1. The Morgan fingerprint density at radius 1 is 1.29 bits per heavy atom. The normalized spacial score (nSPS) is 24.5. The number of nitrogens with zero attached hydrogens (tertiary/aromatic N) is 2. The van der Waals surface area contributed by atoms with Crippen LogP contribution in [0.25, 0.3) is 10.9 Å². The summed E-state index contributed by atoms with van der Waals surface area (Å²) in [6.07, 6.45) is 2.75. The van der Waals surface area contributed by atoms with Gasteiger partial charge in [-0.15, -0.1) is 0 Å². The van der Waals surface area contributed by atoms with Crippen molar-refractivity contribution in [2.24, 2.45) is 5.92 Å². The third-order valence-electron chi connectivity index (χ3n) is 5.77. The molecule has 3 fully saturated rings. The number of hydrogen-bond donors (Lipinski definition) is 1. The molecule has 4 nitrogen and oxygen atoms in total. The van der Waals surface area contributed by atoms with Crippen LogP contribution < -0.4 is 0 Å². The monoisotopic (exact) mass is 329 g/mol. The van der Waals surface area contributed by atoms with Gasteiger partial charge in [0.2, 0.25) is 5.91 Å². The zero-order valence-corrected chi connectivity index (χ0v) is 14.3. The Morgan fingerprint density at radius 2 is 2.12 bits per heavy atom. The largest absolute Gasteiger partial charge is 0.356 e. The van der Waals surface area contributed by atoms with Gasteiger partial charge in [-0.05, 0) is 44.4 Å². The van der Waals surface area contributed by atoms with Gasteiger partial charge in [0.15, 0.2) is 0 Å². The van der Waals surface area contributed by atoms with E-state index in [9.17, 15) is 9.18 Å². The van der Waals surface area contributed by atoms with Crippen LogP contribution in [0.5, 0.6) is 0 Å². The maximum atomic E-state index is 13.9. The fraction of sp³-hybridized carbons (Fsp3) is 0.526. The first-order valence-electron chi connectivity index (χ1n) is 8.76. The van der Waals surface area contributed by atoms with Crippen LogP contribution >= 0.6 is 0 Å². The van der Waals surface area contributed by atoms with Gasteiger partial charge in [0, 0.05) is 36.8 Å². The molecule has 5 rings (SSSR count). The number of piperidine rings is 1. The number of aromatic amines is 1. The van der Waals surface area contributed by atoms with Crippen molar-refractivity contribution in [3.8, 4) is 0 Å². The Hall–Kier alpha value is -1.88.